The van der Waals surface area contributed by atoms with Crippen LogP contribution < -0.4 is 11.1 Å². The van der Waals surface area contributed by atoms with Gasteiger partial charge in [-0.3, -0.25) is 24.1 Å². The molecule has 1 saturated heterocycles. The van der Waals surface area contributed by atoms with E-state index in [9.17, 15) is 28.0 Å². The Labute approximate surface area is 327 Å². The van der Waals surface area contributed by atoms with Crippen LogP contribution in [0.3, 0.4) is 0 Å². The average molecular weight is 804 g/mol. The number of carbonyl (C=O) groups excluding carboxylic acids is 4. The highest BCUT2D eigenvalue weighted by Gasteiger charge is 2.30. The van der Waals surface area contributed by atoms with Crippen molar-refractivity contribution in [1.29, 1.82) is 5.41 Å². The highest BCUT2D eigenvalue weighted by Crippen LogP contribution is 2.31. The molecule has 56 heavy (non-hydrogen) atoms. The maximum absolute atomic E-state index is 15.5. The lowest BCUT2D eigenvalue weighted by Crippen LogP contribution is -2.52. The number of carbonyl (C=O) groups is 4. The monoisotopic (exact) mass is 803 g/mol. The summed E-state index contributed by atoms with van der Waals surface area (Å²) in [6, 6.07) is 6.85. The van der Waals surface area contributed by atoms with Crippen LogP contribution in [-0.2, 0) is 16.6 Å². The van der Waals surface area contributed by atoms with Crippen LogP contribution in [-0.4, -0.2) is 125 Å². The summed E-state index contributed by atoms with van der Waals surface area (Å²) in [7, 11) is 4.54. The van der Waals surface area contributed by atoms with Crippen LogP contribution in [0.25, 0.3) is 16.8 Å². The number of imidazole rings is 1. The summed E-state index contributed by atoms with van der Waals surface area (Å²) >= 11 is 6.51. The summed E-state index contributed by atoms with van der Waals surface area (Å²) in [5.74, 6) is -4.45. The Bertz CT molecular complexity index is 2000. The van der Waals surface area contributed by atoms with Crippen molar-refractivity contribution in [3.05, 3.63) is 76.3 Å². The fraction of sp³-hybridized carbons (Fsp3) is 0.421. The molecule has 1 aliphatic heterocycles. The normalized spacial score (nSPS) is 14.0. The summed E-state index contributed by atoms with van der Waals surface area (Å²) in [4.78, 5) is 61.4. The number of allylic oxidation sites excluding steroid dienone is 1. The Morgan fingerprint density at radius 3 is 2.27 bits per heavy atom. The second kappa shape index (κ2) is 19.0. The van der Waals surface area contributed by atoms with Gasteiger partial charge in [0, 0.05) is 80.5 Å². The molecule has 2 heterocycles. The largest absolute Gasteiger partial charge is 0.374 e. The van der Waals surface area contributed by atoms with Gasteiger partial charge in [0.15, 0.2) is 17.5 Å². The highest BCUT2D eigenvalue weighted by molar-refractivity contribution is 6.34. The number of primary amides is 1. The molecule has 3 aromatic rings. The minimum atomic E-state index is -2.68. The molecule has 1 aliphatic rings. The Hall–Kier alpha value is -5.29. The number of nitrogens with one attached hydrogen (secondary N) is 2. The number of hydrogen-bond acceptors (Lipinski definition) is 8. The molecule has 1 fully saturated rings. The van der Waals surface area contributed by atoms with Crippen molar-refractivity contribution in [2.45, 2.75) is 33.1 Å². The summed E-state index contributed by atoms with van der Waals surface area (Å²) in [6.07, 6.45) is 0.875. The molecular weight excluding hydrogens is 758 g/mol. The van der Waals surface area contributed by atoms with E-state index in [2.05, 4.69) is 10.3 Å². The maximum Gasteiger partial charge on any atom is 0.291 e. The van der Waals surface area contributed by atoms with Crippen LogP contribution in [0.15, 0.2) is 42.7 Å². The van der Waals surface area contributed by atoms with E-state index in [0.29, 0.717) is 45.6 Å². The third kappa shape index (κ3) is 10.5. The van der Waals surface area contributed by atoms with E-state index in [1.54, 1.807) is 21.7 Å². The van der Waals surface area contributed by atoms with Crippen molar-refractivity contribution in [3.63, 3.8) is 0 Å². The molecule has 2 aromatic carbocycles. The fourth-order valence-corrected chi connectivity index (χ4v) is 6.68. The number of alkyl halides is 2. The first kappa shape index (κ1) is 43.4. The van der Waals surface area contributed by atoms with E-state index in [0.717, 1.165) is 11.1 Å². The van der Waals surface area contributed by atoms with Crippen LogP contribution in [0.5, 0.6) is 0 Å². The van der Waals surface area contributed by atoms with Crippen molar-refractivity contribution in [2.75, 3.05) is 65.2 Å². The van der Waals surface area contributed by atoms with E-state index < -0.39 is 36.4 Å². The first-order valence-electron chi connectivity index (χ1n) is 17.8. The van der Waals surface area contributed by atoms with Gasteiger partial charge in [-0.2, -0.15) is 0 Å². The van der Waals surface area contributed by atoms with Gasteiger partial charge < -0.3 is 35.7 Å². The molecule has 0 saturated carbocycles. The second-order valence-corrected chi connectivity index (χ2v) is 14.1. The van der Waals surface area contributed by atoms with Gasteiger partial charge in [0.1, 0.15) is 0 Å². The second-order valence-electron chi connectivity index (χ2n) is 13.7. The van der Waals surface area contributed by atoms with Crippen LogP contribution in [0, 0.1) is 23.0 Å². The van der Waals surface area contributed by atoms with Crippen LogP contribution >= 0.6 is 11.6 Å². The van der Waals surface area contributed by atoms with Gasteiger partial charge in [-0.05, 0) is 57.6 Å². The predicted octanol–water partition coefficient (Wildman–Crippen LogP) is 4.97. The van der Waals surface area contributed by atoms with E-state index in [4.69, 9.17) is 22.7 Å². The maximum atomic E-state index is 15.5. The Morgan fingerprint density at radius 2 is 1.68 bits per heavy atom. The minimum absolute atomic E-state index is 0.00393. The third-order valence-electron chi connectivity index (χ3n) is 9.48. The quantitative estimate of drug-likeness (QED) is 0.136. The van der Waals surface area contributed by atoms with Crippen LogP contribution in [0.4, 0.5) is 23.2 Å². The minimum Gasteiger partial charge on any atom is -0.374 e. The standard InChI is InChI=1S/C38H46ClF4N9O4/c1-6-23(11-12-48(3)21-32(45)53)37(55)51-13-15-52(16-14-51)38(56)26-8-7-24(17-29(26)39)47-36(54)35-46-18-30(50(35)5)27-10-9-25(33(42)34(27)43)28(22(2)44)19-49(4)20-31(40)41/h7-10,17-19,23,31,44H,6,11-16,20-21H2,1-5H3,(H2,45,53)(H,47,54)/b28-19+,44-22?. The molecule has 1 aromatic heterocycles. The van der Waals surface area contributed by atoms with Gasteiger partial charge in [0.25, 0.3) is 18.2 Å². The zero-order valence-electron chi connectivity index (χ0n) is 31.8. The van der Waals surface area contributed by atoms with Crippen molar-refractivity contribution in [2.24, 2.45) is 18.7 Å². The number of likely N-dealkylation sites (N-methyl/N-ethyl adjacent to an activating group) is 1. The highest BCUT2D eigenvalue weighted by atomic mass is 35.5. The molecule has 0 aliphatic carbocycles. The lowest BCUT2D eigenvalue weighted by Gasteiger charge is -2.36. The Morgan fingerprint density at radius 1 is 1.04 bits per heavy atom. The molecule has 18 heteroatoms. The van der Waals surface area contributed by atoms with E-state index >= 15 is 8.78 Å². The average Bonchev–Trinajstić information content (AvgIpc) is 3.52. The summed E-state index contributed by atoms with van der Waals surface area (Å²) in [6.45, 7) is 4.53. The number of anilines is 1. The lowest BCUT2D eigenvalue weighted by atomic mass is 9.99. The van der Waals surface area contributed by atoms with Gasteiger partial charge >= 0.3 is 0 Å². The smallest absolute Gasteiger partial charge is 0.291 e. The number of halogens is 5. The van der Waals surface area contributed by atoms with E-state index in [1.165, 1.54) is 62.1 Å². The summed E-state index contributed by atoms with van der Waals surface area (Å²) in [5.41, 5.74) is 4.98. The van der Waals surface area contributed by atoms with Gasteiger partial charge in [-0.15, -0.1) is 0 Å². The topological polar surface area (TPSA) is 161 Å². The molecule has 0 bridgehead atoms. The van der Waals surface area contributed by atoms with Crippen molar-refractivity contribution in [1.82, 2.24) is 29.2 Å². The SMILES string of the molecule is CCC(CCN(C)CC(N)=O)C(=O)N1CCN(C(=O)c2ccc(NC(=O)c3ncc(-c4ccc(/C(=C/N(C)CC(F)F)C(C)=N)c(F)c4F)n3C)cc2Cl)CC1. The number of rotatable bonds is 16. The Balaban J connectivity index is 1.40. The Kier molecular flexibility index (Phi) is 14.8. The zero-order chi connectivity index (χ0) is 41.4. The fourth-order valence-electron chi connectivity index (χ4n) is 6.42. The van der Waals surface area contributed by atoms with Crippen molar-refractivity contribution >= 4 is 52.2 Å². The summed E-state index contributed by atoms with van der Waals surface area (Å²) < 4.78 is 57.9. The first-order valence-corrected chi connectivity index (χ1v) is 18.2. The lowest BCUT2D eigenvalue weighted by molar-refractivity contribution is -0.137. The number of benzene rings is 2. The molecule has 4 N–H and O–H groups in total. The molecule has 4 rings (SSSR count). The number of piperazine rings is 1. The van der Waals surface area contributed by atoms with Crippen LogP contribution in [0.2, 0.25) is 5.02 Å². The molecular formula is C38H46ClF4N9O4. The van der Waals surface area contributed by atoms with E-state index in [-0.39, 0.29) is 74.5 Å². The zero-order valence-corrected chi connectivity index (χ0v) is 32.6. The van der Waals surface area contributed by atoms with Crippen LogP contribution in [0.1, 0.15) is 53.2 Å². The first-order chi connectivity index (χ1) is 26.4. The molecule has 302 valence electrons. The van der Waals surface area contributed by atoms with Gasteiger partial charge in [-0.1, -0.05) is 24.6 Å². The van der Waals surface area contributed by atoms with E-state index in [1.807, 2.05) is 6.92 Å². The number of nitrogens with zero attached hydrogens (tertiary/aromatic N) is 6. The molecule has 0 radical (unpaired) electrons. The third-order valence-corrected chi connectivity index (χ3v) is 9.79. The van der Waals surface area contributed by atoms with Gasteiger partial charge in [-0.25, -0.2) is 22.5 Å². The molecule has 0 spiro atoms. The van der Waals surface area contributed by atoms with Gasteiger partial charge in [0.05, 0.1) is 35.6 Å². The molecule has 13 nitrogen and oxygen atoms in total. The number of hydrogen-bond donors (Lipinski definition) is 3. The molecule has 1 unspecified atom stereocenters. The molecule has 4 amide bonds. The molecule has 1 atom stereocenters. The summed E-state index contributed by atoms with van der Waals surface area (Å²) in [5, 5.41) is 10.7. The number of amides is 4. The number of nitrogens with two attached hydrogens (primary N) is 1. The van der Waals surface area contributed by atoms with Crippen molar-refractivity contribution in [3.8, 4) is 11.3 Å². The van der Waals surface area contributed by atoms with Gasteiger partial charge in [0.2, 0.25) is 11.8 Å². The predicted molar refractivity (Wildman–Crippen MR) is 206 cm³/mol. The van der Waals surface area contributed by atoms with Crippen molar-refractivity contribution < 1.29 is 36.7 Å². The number of aromatic nitrogens is 2.